The van der Waals surface area contributed by atoms with Gasteiger partial charge in [-0.25, -0.2) is 14.2 Å². The van der Waals surface area contributed by atoms with Crippen LogP contribution in [0.5, 0.6) is 0 Å². The summed E-state index contributed by atoms with van der Waals surface area (Å²) in [5, 5.41) is 9.02. The Balaban J connectivity index is 1.51. The number of anilines is 3. The van der Waals surface area contributed by atoms with Crippen molar-refractivity contribution in [2.75, 3.05) is 24.7 Å². The smallest absolute Gasteiger partial charge is 0.410 e. The van der Waals surface area contributed by atoms with Gasteiger partial charge in [-0.1, -0.05) is 11.8 Å². The summed E-state index contributed by atoms with van der Waals surface area (Å²) in [5.74, 6) is 6.87. The Kier molecular flexibility index (Phi) is 8.35. The highest BCUT2D eigenvalue weighted by Crippen LogP contribution is 2.27. The summed E-state index contributed by atoms with van der Waals surface area (Å²) in [6.07, 6.45) is 2.54. The third-order valence-electron chi connectivity index (χ3n) is 5.66. The Morgan fingerprint density at radius 1 is 1.22 bits per heavy atom. The Morgan fingerprint density at radius 3 is 2.50 bits per heavy atom. The molecule has 2 aromatic rings. The van der Waals surface area contributed by atoms with Gasteiger partial charge >= 0.3 is 6.09 Å². The minimum atomic E-state index is -0.651. The first-order chi connectivity index (χ1) is 16.9. The summed E-state index contributed by atoms with van der Waals surface area (Å²) in [5.41, 5.74) is 0.702. The lowest BCUT2D eigenvalue weighted by molar-refractivity contribution is -0.126. The lowest BCUT2D eigenvalue weighted by Crippen LogP contribution is -2.52. The molecule has 1 aliphatic rings. The van der Waals surface area contributed by atoms with Crippen molar-refractivity contribution in [2.24, 2.45) is 5.92 Å². The molecule has 1 fully saturated rings. The van der Waals surface area contributed by atoms with Crippen molar-refractivity contribution in [1.82, 2.24) is 20.2 Å². The largest absolute Gasteiger partial charge is 0.444 e. The Bertz CT molecular complexity index is 1150. The molecule has 0 aliphatic heterocycles. The van der Waals surface area contributed by atoms with Crippen molar-refractivity contribution in [1.29, 1.82) is 0 Å². The van der Waals surface area contributed by atoms with Gasteiger partial charge in [0.05, 0.1) is 11.8 Å². The predicted octanol–water partition coefficient (Wildman–Crippen LogP) is 3.90. The zero-order chi connectivity index (χ0) is 26.5. The molecular formula is C26H33FN6O3. The van der Waals surface area contributed by atoms with E-state index in [1.807, 2.05) is 0 Å². The Hall–Kier alpha value is -3.87. The van der Waals surface area contributed by atoms with Gasteiger partial charge < -0.3 is 20.7 Å². The van der Waals surface area contributed by atoms with E-state index in [9.17, 15) is 14.0 Å². The lowest BCUT2D eigenvalue weighted by Gasteiger charge is -2.34. The molecule has 0 unspecified atom stereocenters. The second-order valence-corrected chi connectivity index (χ2v) is 9.75. The molecule has 10 heteroatoms. The third kappa shape index (κ3) is 7.31. The van der Waals surface area contributed by atoms with Crippen LogP contribution in [-0.4, -0.2) is 58.6 Å². The van der Waals surface area contributed by atoms with E-state index in [-0.39, 0.29) is 23.7 Å². The molecule has 1 aromatic carbocycles. The van der Waals surface area contributed by atoms with Crippen molar-refractivity contribution in [3.8, 4) is 11.8 Å². The molecule has 1 heterocycles. The molecule has 3 rings (SSSR count). The first-order valence-electron chi connectivity index (χ1n) is 11.8. The molecule has 2 amide bonds. The van der Waals surface area contributed by atoms with Crippen LogP contribution in [0.15, 0.2) is 30.5 Å². The number of nitrogens with zero attached hydrogens (tertiary/aromatic N) is 3. The summed E-state index contributed by atoms with van der Waals surface area (Å²) in [6, 6.07) is 5.28. The van der Waals surface area contributed by atoms with E-state index in [2.05, 4.69) is 37.8 Å². The number of carbonyl (C=O) groups excluding carboxylic acids is 2. The quantitative estimate of drug-likeness (QED) is 0.521. The van der Waals surface area contributed by atoms with E-state index in [4.69, 9.17) is 4.74 Å². The van der Waals surface area contributed by atoms with Crippen molar-refractivity contribution in [2.45, 2.75) is 58.2 Å². The maximum absolute atomic E-state index is 13.1. The zero-order valence-electron chi connectivity index (χ0n) is 21.5. The predicted molar refractivity (Wildman–Crippen MR) is 136 cm³/mol. The number of carbonyl (C=O) groups is 2. The summed E-state index contributed by atoms with van der Waals surface area (Å²) in [6.45, 7) is 7.01. The van der Waals surface area contributed by atoms with E-state index in [0.717, 1.165) is 12.8 Å². The number of hydrogen-bond acceptors (Lipinski definition) is 7. The molecule has 1 aromatic heterocycles. The number of hydrogen-bond donors (Lipinski definition) is 3. The molecule has 1 aliphatic carbocycles. The molecule has 9 nitrogen and oxygen atoms in total. The fourth-order valence-electron chi connectivity index (χ4n) is 3.41. The normalized spacial score (nSPS) is 17.5. The van der Waals surface area contributed by atoms with Gasteiger partial charge in [0.1, 0.15) is 23.3 Å². The van der Waals surface area contributed by atoms with Crippen molar-refractivity contribution >= 4 is 29.5 Å². The van der Waals surface area contributed by atoms with Gasteiger partial charge in [0.15, 0.2) is 0 Å². The molecule has 0 saturated heterocycles. The molecule has 0 bridgehead atoms. The van der Waals surface area contributed by atoms with Gasteiger partial charge in [-0.3, -0.25) is 9.69 Å². The van der Waals surface area contributed by atoms with Crippen LogP contribution in [0.3, 0.4) is 0 Å². The van der Waals surface area contributed by atoms with Crippen LogP contribution in [0.25, 0.3) is 0 Å². The van der Waals surface area contributed by atoms with Gasteiger partial charge in [-0.15, -0.1) is 0 Å². The SMILES string of the molecule is CNc1nc(Nc2ccc(F)cc2)ncc1C#CC1CC(NC(=O)[C@H](C)N(C)C(=O)OC(C)(C)C)C1. The van der Waals surface area contributed by atoms with Crippen LogP contribution in [0.4, 0.5) is 26.6 Å². The number of aromatic nitrogens is 2. The van der Waals surface area contributed by atoms with Crippen LogP contribution in [0, 0.1) is 23.6 Å². The molecule has 0 spiro atoms. The summed E-state index contributed by atoms with van der Waals surface area (Å²) >= 11 is 0. The average molecular weight is 497 g/mol. The standard InChI is InChI=1S/C26H33FN6O3/c1-16(33(6)25(35)36-26(2,3)4)23(34)30-21-13-17(14-21)7-8-18-15-29-24(32-22(18)28-5)31-20-11-9-19(27)10-12-20/h9-12,15-17,21H,13-14H2,1-6H3,(H,30,34)(H2,28,29,31,32)/t16-,17?,21?/m0/s1. The molecule has 1 atom stereocenters. The number of likely N-dealkylation sites (N-methyl/N-ethyl adjacent to an activating group) is 1. The number of ether oxygens (including phenoxy) is 1. The average Bonchev–Trinajstić information content (AvgIpc) is 2.80. The molecule has 0 radical (unpaired) electrons. The molecular weight excluding hydrogens is 463 g/mol. The first-order valence-corrected chi connectivity index (χ1v) is 11.8. The monoisotopic (exact) mass is 496 g/mol. The highest BCUT2D eigenvalue weighted by Gasteiger charge is 2.32. The van der Waals surface area contributed by atoms with Crippen LogP contribution >= 0.6 is 0 Å². The first kappa shape index (κ1) is 26.7. The summed E-state index contributed by atoms with van der Waals surface area (Å²) in [4.78, 5) is 34.8. The van der Waals surface area contributed by atoms with Gasteiger partial charge in [-0.2, -0.15) is 4.98 Å². The van der Waals surface area contributed by atoms with E-state index in [0.29, 0.717) is 23.0 Å². The molecule has 1 saturated carbocycles. The highest BCUT2D eigenvalue weighted by atomic mass is 19.1. The minimum Gasteiger partial charge on any atom is -0.444 e. The zero-order valence-corrected chi connectivity index (χ0v) is 21.5. The second kappa shape index (κ2) is 11.2. The minimum absolute atomic E-state index is 0.00796. The maximum atomic E-state index is 13.1. The Labute approximate surface area is 211 Å². The number of rotatable bonds is 6. The summed E-state index contributed by atoms with van der Waals surface area (Å²) < 4.78 is 18.4. The molecule has 36 heavy (non-hydrogen) atoms. The second-order valence-electron chi connectivity index (χ2n) is 9.75. The van der Waals surface area contributed by atoms with E-state index >= 15 is 0 Å². The third-order valence-corrected chi connectivity index (χ3v) is 5.66. The number of halogens is 1. The fraction of sp³-hybridized carbons (Fsp3) is 0.462. The van der Waals surface area contributed by atoms with Gasteiger partial charge in [0.25, 0.3) is 0 Å². The van der Waals surface area contributed by atoms with Crippen LogP contribution < -0.4 is 16.0 Å². The van der Waals surface area contributed by atoms with Crippen LogP contribution in [0.2, 0.25) is 0 Å². The fourth-order valence-corrected chi connectivity index (χ4v) is 3.41. The topological polar surface area (TPSA) is 108 Å². The van der Waals surface area contributed by atoms with Crippen LogP contribution in [0.1, 0.15) is 46.1 Å². The lowest BCUT2D eigenvalue weighted by atomic mass is 9.80. The van der Waals surface area contributed by atoms with Crippen molar-refractivity contribution < 1.29 is 18.7 Å². The highest BCUT2D eigenvalue weighted by molar-refractivity contribution is 5.85. The van der Waals surface area contributed by atoms with E-state index in [1.54, 1.807) is 60.1 Å². The molecule has 3 N–H and O–H groups in total. The number of nitrogens with one attached hydrogen (secondary N) is 3. The van der Waals surface area contributed by atoms with Gasteiger partial charge in [-0.05, 0) is 64.8 Å². The van der Waals surface area contributed by atoms with E-state index < -0.39 is 17.7 Å². The van der Waals surface area contributed by atoms with E-state index in [1.165, 1.54) is 17.0 Å². The summed E-state index contributed by atoms with van der Waals surface area (Å²) in [7, 11) is 3.30. The van der Waals surface area contributed by atoms with Crippen molar-refractivity contribution in [3.63, 3.8) is 0 Å². The van der Waals surface area contributed by atoms with Gasteiger partial charge in [0.2, 0.25) is 11.9 Å². The van der Waals surface area contributed by atoms with Gasteiger partial charge in [0, 0.05) is 31.7 Å². The number of amides is 2. The van der Waals surface area contributed by atoms with Crippen LogP contribution in [-0.2, 0) is 9.53 Å². The molecule has 192 valence electrons. The van der Waals surface area contributed by atoms with Crippen molar-refractivity contribution in [3.05, 3.63) is 41.8 Å². The Morgan fingerprint density at radius 2 is 1.89 bits per heavy atom. The maximum Gasteiger partial charge on any atom is 0.410 e. The number of benzene rings is 1.